The van der Waals surface area contributed by atoms with Crippen molar-refractivity contribution in [2.75, 3.05) is 7.11 Å². The second-order valence-corrected chi connectivity index (χ2v) is 4.76. The molecule has 0 atom stereocenters. The highest BCUT2D eigenvalue weighted by molar-refractivity contribution is 14.1. The van der Waals surface area contributed by atoms with Crippen molar-refractivity contribution in [3.63, 3.8) is 0 Å². The smallest absolute Gasteiger partial charge is 0.337 e. The second kappa shape index (κ2) is 6.20. The maximum absolute atomic E-state index is 11.3. The number of esters is 2. The monoisotopic (exact) mass is 368 g/mol. The molecule has 1 rings (SSSR count). The quantitative estimate of drug-likeness (QED) is 0.608. The van der Waals surface area contributed by atoms with E-state index in [1.807, 2.05) is 22.6 Å². The van der Waals surface area contributed by atoms with Gasteiger partial charge >= 0.3 is 11.9 Å². The Morgan fingerprint density at radius 3 is 2.53 bits per heavy atom. The zero-order valence-electron chi connectivity index (χ0n) is 9.25. The predicted octanol–water partition coefficient (Wildman–Crippen LogP) is 2.79. The van der Waals surface area contributed by atoms with Crippen LogP contribution in [0.3, 0.4) is 0 Å². The number of hydrogen-bond acceptors (Lipinski definition) is 4. The lowest BCUT2D eigenvalue weighted by Gasteiger charge is -2.09. The van der Waals surface area contributed by atoms with Crippen LogP contribution in [-0.2, 0) is 20.9 Å². The Labute approximate surface area is 117 Å². The average Bonchev–Trinajstić information content (AvgIpc) is 2.26. The molecule has 1 aromatic rings. The summed E-state index contributed by atoms with van der Waals surface area (Å²) in [5.74, 6) is -0.835. The lowest BCUT2D eigenvalue weighted by molar-refractivity contribution is -0.142. The van der Waals surface area contributed by atoms with Crippen molar-refractivity contribution in [1.29, 1.82) is 0 Å². The summed E-state index contributed by atoms with van der Waals surface area (Å²) in [5.41, 5.74) is 1.04. The zero-order valence-corrected chi connectivity index (χ0v) is 12.2. The van der Waals surface area contributed by atoms with E-state index in [-0.39, 0.29) is 12.6 Å². The van der Waals surface area contributed by atoms with Crippen molar-refractivity contribution in [3.8, 4) is 0 Å². The number of ether oxygens (including phenoxy) is 2. The molecule has 0 unspecified atom stereocenters. The summed E-state index contributed by atoms with van der Waals surface area (Å²) in [4.78, 5) is 22.0. The van der Waals surface area contributed by atoms with Crippen LogP contribution in [0.2, 0.25) is 5.02 Å². The summed E-state index contributed by atoms with van der Waals surface area (Å²) >= 11 is 8.04. The van der Waals surface area contributed by atoms with Crippen LogP contribution in [0, 0.1) is 3.57 Å². The van der Waals surface area contributed by atoms with E-state index in [1.165, 1.54) is 20.1 Å². The maximum atomic E-state index is 11.3. The summed E-state index contributed by atoms with van der Waals surface area (Å²) < 4.78 is 10.2. The van der Waals surface area contributed by atoms with Crippen molar-refractivity contribution >= 4 is 46.1 Å². The van der Waals surface area contributed by atoms with Gasteiger partial charge < -0.3 is 9.47 Å². The number of carbonyl (C=O) groups is 2. The number of halogens is 2. The minimum absolute atomic E-state index is 0.0912. The van der Waals surface area contributed by atoms with Gasteiger partial charge in [0, 0.05) is 21.1 Å². The van der Waals surface area contributed by atoms with Gasteiger partial charge in [0.05, 0.1) is 12.7 Å². The molecule has 0 heterocycles. The van der Waals surface area contributed by atoms with Gasteiger partial charge in [-0.25, -0.2) is 4.79 Å². The average molecular weight is 369 g/mol. The highest BCUT2D eigenvalue weighted by atomic mass is 127. The van der Waals surface area contributed by atoms with Gasteiger partial charge in [0.2, 0.25) is 0 Å². The van der Waals surface area contributed by atoms with Gasteiger partial charge in [0.15, 0.2) is 0 Å². The van der Waals surface area contributed by atoms with E-state index < -0.39 is 5.97 Å². The summed E-state index contributed by atoms with van der Waals surface area (Å²) in [6.07, 6.45) is 0. The first-order valence-corrected chi connectivity index (χ1v) is 6.11. The Bertz CT molecular complexity index is 436. The Morgan fingerprint density at radius 2 is 2.06 bits per heavy atom. The summed E-state index contributed by atoms with van der Waals surface area (Å²) in [6.45, 7) is 1.41. The van der Waals surface area contributed by atoms with Gasteiger partial charge in [-0.05, 0) is 34.7 Å². The molecule has 0 aliphatic heterocycles. The number of hydrogen-bond donors (Lipinski definition) is 0. The third-order valence-electron chi connectivity index (χ3n) is 1.98. The molecule has 0 saturated heterocycles. The molecule has 0 aromatic heterocycles. The lowest BCUT2D eigenvalue weighted by Crippen LogP contribution is -2.05. The molecule has 0 aliphatic carbocycles. The molecule has 0 fully saturated rings. The van der Waals surface area contributed by atoms with Gasteiger partial charge in [-0.2, -0.15) is 0 Å². The summed E-state index contributed by atoms with van der Waals surface area (Å²) in [5, 5.41) is 0.374. The van der Waals surface area contributed by atoms with Crippen molar-refractivity contribution < 1.29 is 19.1 Å². The number of carbonyl (C=O) groups excluding carboxylic acids is 2. The highest BCUT2D eigenvalue weighted by Crippen LogP contribution is 2.25. The van der Waals surface area contributed by atoms with Gasteiger partial charge in [0.25, 0.3) is 0 Å². The Kier molecular flexibility index (Phi) is 5.20. The third-order valence-corrected chi connectivity index (χ3v) is 3.28. The molecule has 0 N–H and O–H groups in total. The minimum atomic E-state index is -0.455. The van der Waals surface area contributed by atoms with E-state index >= 15 is 0 Å². The van der Waals surface area contributed by atoms with Crippen molar-refractivity contribution in [2.45, 2.75) is 13.5 Å². The zero-order chi connectivity index (χ0) is 13.0. The lowest BCUT2D eigenvalue weighted by atomic mass is 10.1. The SMILES string of the molecule is COC(=O)c1cc(Cl)c(COC(C)=O)c(I)c1. The maximum Gasteiger partial charge on any atom is 0.337 e. The molecule has 0 spiro atoms. The molecule has 4 nitrogen and oxygen atoms in total. The van der Waals surface area contributed by atoms with E-state index in [1.54, 1.807) is 6.07 Å². The van der Waals surface area contributed by atoms with E-state index in [4.69, 9.17) is 16.3 Å². The van der Waals surface area contributed by atoms with Crippen molar-refractivity contribution in [1.82, 2.24) is 0 Å². The van der Waals surface area contributed by atoms with Gasteiger partial charge in [0.1, 0.15) is 6.61 Å². The van der Waals surface area contributed by atoms with Crippen molar-refractivity contribution in [2.24, 2.45) is 0 Å². The number of rotatable bonds is 3. The normalized spacial score (nSPS) is 9.88. The molecule has 0 radical (unpaired) electrons. The number of methoxy groups -OCH3 is 1. The standard InChI is InChI=1S/C11H10ClIO4/c1-6(14)17-5-8-9(12)3-7(4-10(8)13)11(15)16-2/h3-4H,5H2,1-2H3. The number of benzene rings is 1. The molecule has 17 heavy (non-hydrogen) atoms. The van der Waals surface area contributed by atoms with Crippen molar-refractivity contribution in [3.05, 3.63) is 31.9 Å². The Hall–Kier alpha value is -0.820. The first-order valence-electron chi connectivity index (χ1n) is 4.65. The largest absolute Gasteiger partial charge is 0.465 e. The van der Waals surface area contributed by atoms with E-state index in [9.17, 15) is 9.59 Å². The van der Waals surface area contributed by atoms with Gasteiger partial charge in [-0.1, -0.05) is 11.6 Å². The van der Waals surface area contributed by atoms with Crippen LogP contribution in [-0.4, -0.2) is 19.0 Å². The molecule has 1 aromatic carbocycles. The van der Waals surface area contributed by atoms with E-state index in [0.29, 0.717) is 16.1 Å². The first kappa shape index (κ1) is 14.2. The Morgan fingerprint density at radius 1 is 1.41 bits per heavy atom. The van der Waals surface area contributed by atoms with Gasteiger partial charge in [-0.15, -0.1) is 0 Å². The van der Waals surface area contributed by atoms with Crippen LogP contribution >= 0.6 is 34.2 Å². The van der Waals surface area contributed by atoms with Crippen LogP contribution < -0.4 is 0 Å². The topological polar surface area (TPSA) is 52.6 Å². The summed E-state index contributed by atoms with van der Waals surface area (Å²) in [7, 11) is 1.30. The van der Waals surface area contributed by atoms with E-state index in [0.717, 1.165) is 3.57 Å². The highest BCUT2D eigenvalue weighted by Gasteiger charge is 2.13. The second-order valence-electron chi connectivity index (χ2n) is 3.19. The fourth-order valence-corrected chi connectivity index (χ4v) is 2.37. The van der Waals surface area contributed by atoms with Crippen LogP contribution in [0.5, 0.6) is 0 Å². The predicted molar refractivity (Wildman–Crippen MR) is 71.0 cm³/mol. The van der Waals surface area contributed by atoms with Crippen LogP contribution in [0.4, 0.5) is 0 Å². The molecule has 92 valence electrons. The van der Waals surface area contributed by atoms with Crippen LogP contribution in [0.1, 0.15) is 22.8 Å². The third kappa shape index (κ3) is 3.85. The van der Waals surface area contributed by atoms with Gasteiger partial charge in [-0.3, -0.25) is 4.79 Å². The minimum Gasteiger partial charge on any atom is -0.465 e. The molecule has 0 amide bonds. The fourth-order valence-electron chi connectivity index (χ4n) is 1.15. The Balaban J connectivity index is 3.02. The fraction of sp³-hybridized carbons (Fsp3) is 0.273. The molecule has 0 saturated carbocycles. The van der Waals surface area contributed by atoms with E-state index in [2.05, 4.69) is 4.74 Å². The first-order chi connectivity index (χ1) is 7.95. The molecular formula is C11H10ClIO4. The molecule has 6 heteroatoms. The summed E-state index contributed by atoms with van der Waals surface area (Å²) in [6, 6.07) is 3.13. The van der Waals surface area contributed by atoms with Crippen LogP contribution in [0.25, 0.3) is 0 Å². The molecular weight excluding hydrogens is 358 g/mol. The molecule has 0 aliphatic rings. The van der Waals surface area contributed by atoms with Crippen LogP contribution in [0.15, 0.2) is 12.1 Å². The molecule has 0 bridgehead atoms.